The van der Waals surface area contributed by atoms with Crippen molar-refractivity contribution in [3.63, 3.8) is 0 Å². The van der Waals surface area contributed by atoms with Crippen molar-refractivity contribution in [1.82, 2.24) is 15.2 Å². The van der Waals surface area contributed by atoms with Gasteiger partial charge >= 0.3 is 0 Å². The molecule has 0 amide bonds. The van der Waals surface area contributed by atoms with E-state index in [9.17, 15) is 12.8 Å². The molecule has 4 rings (SSSR count). The second kappa shape index (κ2) is 5.11. The van der Waals surface area contributed by atoms with Gasteiger partial charge in [-0.25, -0.2) is 12.8 Å². The van der Waals surface area contributed by atoms with Gasteiger partial charge in [0, 0.05) is 17.7 Å². The third-order valence-electron chi connectivity index (χ3n) is 4.39. The van der Waals surface area contributed by atoms with Crippen LogP contribution in [0.3, 0.4) is 0 Å². The Kier molecular flexibility index (Phi) is 3.25. The number of aromatic amines is 1. The van der Waals surface area contributed by atoms with Crippen LogP contribution in [0.15, 0.2) is 29.3 Å². The summed E-state index contributed by atoms with van der Waals surface area (Å²) in [6.07, 6.45) is 4.45. The summed E-state index contributed by atoms with van der Waals surface area (Å²) in [6.45, 7) is 1.75. The minimum Gasteiger partial charge on any atom is -0.274 e. The molecule has 0 saturated heterocycles. The van der Waals surface area contributed by atoms with Crippen LogP contribution in [-0.2, 0) is 9.84 Å². The van der Waals surface area contributed by atoms with E-state index in [0.29, 0.717) is 33.0 Å². The molecular formula is C17H16FN3O2S. The highest BCUT2D eigenvalue weighted by Crippen LogP contribution is 2.44. The molecule has 24 heavy (non-hydrogen) atoms. The monoisotopic (exact) mass is 345 g/mol. The van der Waals surface area contributed by atoms with Crippen LogP contribution in [0.4, 0.5) is 4.39 Å². The Labute approximate surface area is 138 Å². The first-order chi connectivity index (χ1) is 11.4. The molecule has 124 valence electrons. The number of halogens is 1. The Bertz CT molecular complexity index is 1070. The number of nitrogens with one attached hydrogen (secondary N) is 1. The maximum absolute atomic E-state index is 14.1. The molecule has 0 aliphatic heterocycles. The van der Waals surface area contributed by atoms with Crippen LogP contribution in [0.1, 0.15) is 30.0 Å². The largest absolute Gasteiger partial charge is 0.274 e. The molecule has 0 spiro atoms. The second-order valence-electron chi connectivity index (χ2n) is 6.34. The van der Waals surface area contributed by atoms with E-state index >= 15 is 0 Å². The fourth-order valence-electron chi connectivity index (χ4n) is 3.10. The first kappa shape index (κ1) is 15.3. The van der Waals surface area contributed by atoms with E-state index in [4.69, 9.17) is 0 Å². The van der Waals surface area contributed by atoms with Gasteiger partial charge in [-0.3, -0.25) is 10.1 Å². The number of aromatic nitrogens is 3. The van der Waals surface area contributed by atoms with Gasteiger partial charge in [-0.1, -0.05) is 6.07 Å². The lowest BCUT2D eigenvalue weighted by Crippen LogP contribution is -2.00. The number of pyridine rings is 1. The number of benzene rings is 1. The summed E-state index contributed by atoms with van der Waals surface area (Å²) in [5, 5.41) is 7.76. The van der Waals surface area contributed by atoms with Crippen LogP contribution in [0.25, 0.3) is 22.2 Å². The number of hydrogen-bond acceptors (Lipinski definition) is 4. The first-order valence-corrected chi connectivity index (χ1v) is 9.59. The van der Waals surface area contributed by atoms with Gasteiger partial charge in [-0.2, -0.15) is 5.10 Å². The molecule has 1 N–H and O–H groups in total. The SMILES string of the molecule is Cc1cc(-c2ncc(F)c3[nH]nc(C4CC4)c23)ccc1S(C)(=O)=O. The fraction of sp³-hybridized carbons (Fsp3) is 0.294. The van der Waals surface area contributed by atoms with Crippen molar-refractivity contribution in [3.8, 4) is 11.3 Å². The van der Waals surface area contributed by atoms with Crippen molar-refractivity contribution < 1.29 is 12.8 Å². The molecule has 1 aromatic carbocycles. The van der Waals surface area contributed by atoms with Gasteiger partial charge < -0.3 is 0 Å². The molecule has 1 aliphatic rings. The van der Waals surface area contributed by atoms with Crippen molar-refractivity contribution in [2.24, 2.45) is 0 Å². The van der Waals surface area contributed by atoms with Crippen molar-refractivity contribution >= 4 is 20.7 Å². The zero-order chi connectivity index (χ0) is 17.1. The Morgan fingerprint density at radius 1 is 1.29 bits per heavy atom. The Morgan fingerprint density at radius 3 is 2.67 bits per heavy atom. The summed E-state index contributed by atoms with van der Waals surface area (Å²) in [4.78, 5) is 4.56. The van der Waals surface area contributed by atoms with E-state index in [-0.39, 0.29) is 0 Å². The highest BCUT2D eigenvalue weighted by Gasteiger charge is 2.30. The summed E-state index contributed by atoms with van der Waals surface area (Å²) < 4.78 is 37.6. The molecule has 0 unspecified atom stereocenters. The van der Waals surface area contributed by atoms with Crippen molar-refractivity contribution in [1.29, 1.82) is 0 Å². The minimum absolute atomic E-state index is 0.291. The van der Waals surface area contributed by atoms with Gasteiger partial charge in [0.05, 0.1) is 27.9 Å². The van der Waals surface area contributed by atoms with Crippen LogP contribution >= 0.6 is 0 Å². The van der Waals surface area contributed by atoms with E-state index in [1.165, 1.54) is 12.5 Å². The number of H-pyrrole nitrogens is 1. The molecule has 1 fully saturated rings. The summed E-state index contributed by atoms with van der Waals surface area (Å²) in [5.41, 5.74) is 3.23. The lowest BCUT2D eigenvalue weighted by atomic mass is 10.0. The molecule has 3 aromatic rings. The van der Waals surface area contributed by atoms with E-state index in [2.05, 4.69) is 15.2 Å². The van der Waals surface area contributed by atoms with Gasteiger partial charge in [0.2, 0.25) is 0 Å². The predicted molar refractivity (Wildman–Crippen MR) is 89.1 cm³/mol. The normalized spacial score (nSPS) is 15.1. The molecule has 7 heteroatoms. The number of sulfone groups is 1. The van der Waals surface area contributed by atoms with Crippen LogP contribution < -0.4 is 0 Å². The van der Waals surface area contributed by atoms with Crippen LogP contribution in [0, 0.1) is 12.7 Å². The van der Waals surface area contributed by atoms with Crippen LogP contribution in [0.5, 0.6) is 0 Å². The Hall–Kier alpha value is -2.28. The van der Waals surface area contributed by atoms with E-state index in [1.807, 2.05) is 0 Å². The van der Waals surface area contributed by atoms with Gasteiger partial charge in [-0.05, 0) is 37.5 Å². The molecule has 2 aromatic heterocycles. The van der Waals surface area contributed by atoms with Gasteiger partial charge in [0.25, 0.3) is 0 Å². The maximum atomic E-state index is 14.1. The highest BCUT2D eigenvalue weighted by molar-refractivity contribution is 7.90. The number of aryl methyl sites for hydroxylation is 1. The summed E-state index contributed by atoms with van der Waals surface area (Å²) in [6, 6.07) is 5.07. The third-order valence-corrected chi connectivity index (χ3v) is 5.65. The molecule has 0 bridgehead atoms. The second-order valence-corrected chi connectivity index (χ2v) is 8.32. The molecule has 0 radical (unpaired) electrons. The molecule has 1 saturated carbocycles. The lowest BCUT2D eigenvalue weighted by molar-refractivity contribution is 0.601. The first-order valence-electron chi connectivity index (χ1n) is 7.70. The topological polar surface area (TPSA) is 75.7 Å². The predicted octanol–water partition coefficient (Wildman–Crippen LogP) is 3.35. The third kappa shape index (κ3) is 2.39. The summed E-state index contributed by atoms with van der Waals surface area (Å²) in [5.74, 6) is -0.0879. The van der Waals surface area contributed by atoms with Crippen molar-refractivity contribution in [2.45, 2.75) is 30.6 Å². The summed E-state index contributed by atoms with van der Waals surface area (Å²) in [7, 11) is -3.28. The zero-order valence-corrected chi connectivity index (χ0v) is 14.1. The van der Waals surface area contributed by atoms with Gasteiger partial charge in [0.15, 0.2) is 15.7 Å². The van der Waals surface area contributed by atoms with Gasteiger partial charge in [-0.15, -0.1) is 0 Å². The average molecular weight is 345 g/mol. The van der Waals surface area contributed by atoms with E-state index in [1.54, 1.807) is 25.1 Å². The molecule has 5 nitrogen and oxygen atoms in total. The number of rotatable bonds is 3. The van der Waals surface area contributed by atoms with E-state index in [0.717, 1.165) is 24.1 Å². The molecule has 0 atom stereocenters. The zero-order valence-electron chi connectivity index (χ0n) is 13.3. The molecule has 1 aliphatic carbocycles. The molecular weight excluding hydrogens is 329 g/mol. The van der Waals surface area contributed by atoms with Crippen LogP contribution in [-0.4, -0.2) is 29.9 Å². The van der Waals surface area contributed by atoms with Crippen LogP contribution in [0.2, 0.25) is 0 Å². The van der Waals surface area contributed by atoms with Gasteiger partial charge in [0.1, 0.15) is 5.52 Å². The highest BCUT2D eigenvalue weighted by atomic mass is 32.2. The van der Waals surface area contributed by atoms with Crippen molar-refractivity contribution in [3.05, 3.63) is 41.5 Å². The fourth-order valence-corrected chi connectivity index (χ4v) is 4.06. The number of fused-ring (bicyclic) bond motifs is 1. The number of hydrogen-bond donors (Lipinski definition) is 1. The smallest absolute Gasteiger partial charge is 0.175 e. The molecule has 2 heterocycles. The number of nitrogens with zero attached hydrogens (tertiary/aromatic N) is 2. The quantitative estimate of drug-likeness (QED) is 0.790. The maximum Gasteiger partial charge on any atom is 0.175 e. The van der Waals surface area contributed by atoms with E-state index < -0.39 is 15.7 Å². The lowest BCUT2D eigenvalue weighted by Gasteiger charge is -2.09. The summed E-state index contributed by atoms with van der Waals surface area (Å²) >= 11 is 0. The Balaban J connectivity index is 1.95. The standard InChI is InChI=1S/C17H16FN3O2S/c1-9-7-11(5-6-13(9)24(2,22)23)15-14-16(10-3-4-10)20-21-17(14)12(18)8-19-15/h5-8,10H,3-4H2,1-2H3,(H,20,21). The Morgan fingerprint density at radius 2 is 2.04 bits per heavy atom. The van der Waals surface area contributed by atoms with Crippen molar-refractivity contribution in [2.75, 3.05) is 6.26 Å². The minimum atomic E-state index is -3.28. The average Bonchev–Trinajstić information content (AvgIpc) is 3.25.